The van der Waals surface area contributed by atoms with E-state index in [4.69, 9.17) is 14.2 Å². The zero-order valence-electron chi connectivity index (χ0n) is 17.0. The second-order valence-corrected chi connectivity index (χ2v) is 6.74. The maximum absolute atomic E-state index is 13.0. The lowest BCUT2D eigenvalue weighted by Crippen LogP contribution is -2.42. The number of rotatable bonds is 9. The molecule has 2 aromatic carbocycles. The minimum Gasteiger partial charge on any atom is -0.490 e. The van der Waals surface area contributed by atoms with E-state index < -0.39 is 0 Å². The van der Waals surface area contributed by atoms with Gasteiger partial charge in [-0.2, -0.15) is 5.10 Å². The molecule has 0 atom stereocenters. The molecular formula is C22H26FN3O4. The molecule has 30 heavy (non-hydrogen) atoms. The zero-order chi connectivity index (χ0) is 21.2. The van der Waals surface area contributed by atoms with Crippen LogP contribution in [-0.2, 0) is 16.1 Å². The summed E-state index contributed by atoms with van der Waals surface area (Å²) in [6.07, 6.45) is 1.56. The van der Waals surface area contributed by atoms with E-state index in [9.17, 15) is 9.18 Å². The molecule has 0 unspecified atom stereocenters. The lowest BCUT2D eigenvalue weighted by Gasteiger charge is -2.25. The van der Waals surface area contributed by atoms with Crippen molar-refractivity contribution >= 4 is 12.1 Å². The summed E-state index contributed by atoms with van der Waals surface area (Å²) in [5.41, 5.74) is 4.16. The number of halogens is 1. The summed E-state index contributed by atoms with van der Waals surface area (Å²) < 4.78 is 29.8. The van der Waals surface area contributed by atoms with Gasteiger partial charge in [0.25, 0.3) is 5.91 Å². The lowest BCUT2D eigenvalue weighted by molar-refractivity contribution is -0.123. The zero-order valence-corrected chi connectivity index (χ0v) is 17.0. The summed E-state index contributed by atoms with van der Waals surface area (Å²) in [5, 5.41) is 4.03. The van der Waals surface area contributed by atoms with E-state index in [0.717, 1.165) is 24.2 Å². The van der Waals surface area contributed by atoms with Gasteiger partial charge in [-0.05, 0) is 48.4 Å². The molecular weight excluding hydrogens is 389 g/mol. The highest BCUT2D eigenvalue weighted by Gasteiger charge is 2.13. The Morgan fingerprint density at radius 2 is 1.93 bits per heavy atom. The molecule has 1 aliphatic heterocycles. The molecule has 1 aliphatic rings. The van der Waals surface area contributed by atoms with Crippen molar-refractivity contribution in [3.63, 3.8) is 0 Å². The van der Waals surface area contributed by atoms with Gasteiger partial charge < -0.3 is 14.2 Å². The summed E-state index contributed by atoms with van der Waals surface area (Å²) in [4.78, 5) is 14.0. The number of nitrogens with one attached hydrogen (secondary N) is 1. The second-order valence-electron chi connectivity index (χ2n) is 6.74. The third kappa shape index (κ3) is 6.82. The summed E-state index contributed by atoms with van der Waals surface area (Å²) in [5.74, 6) is 0.699. The van der Waals surface area contributed by atoms with Crippen molar-refractivity contribution in [2.75, 3.05) is 39.5 Å². The van der Waals surface area contributed by atoms with Crippen molar-refractivity contribution in [2.24, 2.45) is 5.10 Å². The Hall–Kier alpha value is -2.97. The predicted octanol–water partition coefficient (Wildman–Crippen LogP) is 2.59. The highest BCUT2D eigenvalue weighted by atomic mass is 19.1. The van der Waals surface area contributed by atoms with E-state index in [-0.39, 0.29) is 11.7 Å². The SMILES string of the molecule is CCOc1cc(/C=N/NC(=O)CN2CCOCC2)ccc1OCc1ccc(F)cc1. The maximum atomic E-state index is 13.0. The van der Waals surface area contributed by atoms with E-state index in [1.165, 1.54) is 12.1 Å². The predicted molar refractivity (Wildman–Crippen MR) is 111 cm³/mol. The number of hydrogen-bond donors (Lipinski definition) is 1. The Labute approximate surface area is 175 Å². The number of ether oxygens (including phenoxy) is 3. The largest absolute Gasteiger partial charge is 0.490 e. The molecule has 1 N–H and O–H groups in total. The number of nitrogens with zero attached hydrogens (tertiary/aromatic N) is 2. The van der Waals surface area contributed by atoms with Crippen LogP contribution >= 0.6 is 0 Å². The van der Waals surface area contributed by atoms with E-state index in [1.807, 2.05) is 17.9 Å². The van der Waals surface area contributed by atoms with E-state index in [2.05, 4.69) is 10.5 Å². The van der Waals surface area contributed by atoms with Crippen LogP contribution in [-0.4, -0.2) is 56.5 Å². The fourth-order valence-electron chi connectivity index (χ4n) is 2.91. The molecule has 0 saturated carbocycles. The summed E-state index contributed by atoms with van der Waals surface area (Å²) >= 11 is 0. The molecule has 1 heterocycles. The molecule has 160 valence electrons. The third-order valence-corrected chi connectivity index (χ3v) is 4.45. The monoisotopic (exact) mass is 415 g/mol. The van der Waals surface area contributed by atoms with Crippen LogP contribution in [0.4, 0.5) is 4.39 Å². The fourth-order valence-corrected chi connectivity index (χ4v) is 2.91. The summed E-state index contributed by atoms with van der Waals surface area (Å²) in [6.45, 7) is 5.73. The van der Waals surface area contributed by atoms with Gasteiger partial charge in [-0.15, -0.1) is 0 Å². The number of morpholine rings is 1. The molecule has 1 fully saturated rings. The van der Waals surface area contributed by atoms with Crippen molar-refractivity contribution in [3.05, 3.63) is 59.4 Å². The van der Waals surface area contributed by atoms with Crippen LogP contribution in [0.1, 0.15) is 18.1 Å². The van der Waals surface area contributed by atoms with Gasteiger partial charge in [0.1, 0.15) is 12.4 Å². The van der Waals surface area contributed by atoms with Crippen LogP contribution in [0.5, 0.6) is 11.5 Å². The number of carbonyl (C=O) groups excluding carboxylic acids is 1. The number of hydrogen-bond acceptors (Lipinski definition) is 6. The van der Waals surface area contributed by atoms with Crippen molar-refractivity contribution in [1.82, 2.24) is 10.3 Å². The Kier molecular flexibility index (Phi) is 8.17. The molecule has 1 saturated heterocycles. The summed E-state index contributed by atoms with van der Waals surface area (Å²) in [6, 6.07) is 11.5. The quantitative estimate of drug-likeness (QED) is 0.504. The molecule has 0 spiro atoms. The first-order valence-corrected chi connectivity index (χ1v) is 9.90. The van der Waals surface area contributed by atoms with E-state index in [0.29, 0.717) is 44.5 Å². The van der Waals surface area contributed by atoms with Crippen LogP contribution in [0.3, 0.4) is 0 Å². The Balaban J connectivity index is 1.55. The van der Waals surface area contributed by atoms with E-state index in [1.54, 1.807) is 30.5 Å². The molecule has 0 radical (unpaired) electrons. The first-order chi connectivity index (χ1) is 14.6. The maximum Gasteiger partial charge on any atom is 0.254 e. The van der Waals surface area contributed by atoms with Gasteiger partial charge in [0.05, 0.1) is 32.6 Å². The highest BCUT2D eigenvalue weighted by Crippen LogP contribution is 2.29. The van der Waals surface area contributed by atoms with Crippen molar-refractivity contribution in [1.29, 1.82) is 0 Å². The van der Waals surface area contributed by atoms with Crippen LogP contribution in [0, 0.1) is 5.82 Å². The fraction of sp³-hybridized carbons (Fsp3) is 0.364. The normalized spacial score (nSPS) is 14.6. The second kappa shape index (κ2) is 11.3. The number of benzene rings is 2. The Bertz CT molecular complexity index is 852. The molecule has 8 heteroatoms. The van der Waals surface area contributed by atoms with Crippen molar-refractivity contribution in [2.45, 2.75) is 13.5 Å². The first kappa shape index (κ1) is 21.7. The summed E-state index contributed by atoms with van der Waals surface area (Å²) in [7, 11) is 0. The van der Waals surface area contributed by atoms with Crippen LogP contribution < -0.4 is 14.9 Å². The minimum absolute atomic E-state index is 0.169. The van der Waals surface area contributed by atoms with Gasteiger partial charge in [-0.3, -0.25) is 9.69 Å². The molecule has 0 aromatic heterocycles. The molecule has 7 nitrogen and oxygen atoms in total. The van der Waals surface area contributed by atoms with Crippen LogP contribution in [0.15, 0.2) is 47.6 Å². The molecule has 0 bridgehead atoms. The van der Waals surface area contributed by atoms with Crippen LogP contribution in [0.2, 0.25) is 0 Å². The lowest BCUT2D eigenvalue weighted by atomic mass is 10.2. The number of carbonyl (C=O) groups is 1. The average Bonchev–Trinajstić information content (AvgIpc) is 2.75. The molecule has 3 rings (SSSR count). The van der Waals surface area contributed by atoms with Crippen LogP contribution in [0.25, 0.3) is 0 Å². The molecule has 2 aromatic rings. The smallest absolute Gasteiger partial charge is 0.254 e. The standard InChI is InChI=1S/C22H26FN3O4/c1-2-29-21-13-18(14-24-25-22(27)15-26-9-11-28-12-10-26)5-8-20(21)30-16-17-3-6-19(23)7-4-17/h3-8,13-14H,2,9-12,15-16H2,1H3,(H,25,27)/b24-14+. The highest BCUT2D eigenvalue weighted by molar-refractivity contribution is 5.83. The van der Waals surface area contributed by atoms with Gasteiger partial charge in [0.15, 0.2) is 11.5 Å². The van der Waals surface area contributed by atoms with Gasteiger partial charge >= 0.3 is 0 Å². The number of hydrazone groups is 1. The van der Waals surface area contributed by atoms with Gasteiger partial charge in [-0.1, -0.05) is 12.1 Å². The first-order valence-electron chi connectivity index (χ1n) is 9.90. The minimum atomic E-state index is -0.283. The number of amides is 1. The van der Waals surface area contributed by atoms with Crippen molar-refractivity contribution < 1.29 is 23.4 Å². The Morgan fingerprint density at radius 3 is 2.67 bits per heavy atom. The Morgan fingerprint density at radius 1 is 1.17 bits per heavy atom. The molecule has 1 amide bonds. The topological polar surface area (TPSA) is 72.4 Å². The van der Waals surface area contributed by atoms with Gasteiger partial charge in [0, 0.05) is 13.1 Å². The van der Waals surface area contributed by atoms with Gasteiger partial charge in [0.2, 0.25) is 0 Å². The third-order valence-electron chi connectivity index (χ3n) is 4.45. The average molecular weight is 415 g/mol. The molecule has 0 aliphatic carbocycles. The van der Waals surface area contributed by atoms with E-state index >= 15 is 0 Å². The van der Waals surface area contributed by atoms with Crippen molar-refractivity contribution in [3.8, 4) is 11.5 Å². The van der Waals surface area contributed by atoms with Gasteiger partial charge in [-0.25, -0.2) is 9.82 Å².